The lowest BCUT2D eigenvalue weighted by molar-refractivity contribution is -0.136. The molecular weight excluding hydrogens is 296 g/mol. The molecule has 2 aliphatic heterocycles. The predicted octanol–water partition coefficient (Wildman–Crippen LogP) is 1.11. The molecule has 6 heteroatoms. The number of methoxy groups -OCH3 is 1. The summed E-state index contributed by atoms with van der Waals surface area (Å²) >= 11 is 0. The minimum Gasteiger partial charge on any atom is -0.380 e. The van der Waals surface area contributed by atoms with Gasteiger partial charge in [-0.05, 0) is 29.2 Å². The Morgan fingerprint density at radius 1 is 1.39 bits per heavy atom. The number of nitrogens with zero attached hydrogens (tertiary/aromatic N) is 1. The molecule has 0 spiro atoms. The predicted molar refractivity (Wildman–Crippen MR) is 83.4 cm³/mol. The van der Waals surface area contributed by atoms with Crippen molar-refractivity contribution in [3.63, 3.8) is 0 Å². The van der Waals surface area contributed by atoms with Crippen LogP contribution in [0.15, 0.2) is 24.8 Å². The van der Waals surface area contributed by atoms with Crippen molar-refractivity contribution >= 4 is 23.3 Å². The fraction of sp³-hybridized carbons (Fsp3) is 0.353. The number of fused-ring (bicyclic) bond motifs is 1. The second-order valence-electron chi connectivity index (χ2n) is 5.81. The molecule has 0 radical (unpaired) electrons. The van der Waals surface area contributed by atoms with Crippen LogP contribution in [-0.4, -0.2) is 42.4 Å². The Bertz CT molecular complexity index is 711. The lowest BCUT2D eigenvalue weighted by atomic mass is 10.0. The Morgan fingerprint density at radius 3 is 2.87 bits per heavy atom. The third kappa shape index (κ3) is 2.77. The molecule has 2 heterocycles. The normalized spacial score (nSPS) is 20.5. The van der Waals surface area contributed by atoms with Crippen molar-refractivity contribution in [3.8, 4) is 0 Å². The summed E-state index contributed by atoms with van der Waals surface area (Å²) in [5, 5.41) is 2.30. The van der Waals surface area contributed by atoms with Gasteiger partial charge in [-0.1, -0.05) is 18.7 Å². The maximum atomic E-state index is 12.7. The second kappa shape index (κ2) is 5.96. The molecule has 1 aromatic rings. The molecule has 3 rings (SSSR count). The van der Waals surface area contributed by atoms with Crippen molar-refractivity contribution < 1.29 is 19.1 Å². The van der Waals surface area contributed by atoms with Crippen LogP contribution in [0.5, 0.6) is 0 Å². The van der Waals surface area contributed by atoms with Crippen LogP contribution in [0, 0.1) is 0 Å². The number of benzene rings is 1. The molecule has 120 valence electrons. The number of imide groups is 1. The third-order valence-electron chi connectivity index (χ3n) is 4.25. The van der Waals surface area contributed by atoms with E-state index in [1.54, 1.807) is 13.2 Å². The van der Waals surface area contributed by atoms with E-state index in [-0.39, 0.29) is 18.2 Å². The highest BCUT2D eigenvalue weighted by atomic mass is 16.5. The summed E-state index contributed by atoms with van der Waals surface area (Å²) < 4.78 is 5.06. The van der Waals surface area contributed by atoms with Crippen molar-refractivity contribution in [2.45, 2.75) is 25.4 Å². The van der Waals surface area contributed by atoms with Crippen LogP contribution in [0.25, 0.3) is 5.57 Å². The summed E-state index contributed by atoms with van der Waals surface area (Å²) in [5.41, 5.74) is 3.12. The van der Waals surface area contributed by atoms with E-state index in [4.69, 9.17) is 4.74 Å². The van der Waals surface area contributed by atoms with E-state index in [1.807, 2.05) is 12.1 Å². The molecule has 1 aromatic carbocycles. The monoisotopic (exact) mass is 314 g/mol. The third-order valence-corrected chi connectivity index (χ3v) is 4.25. The van der Waals surface area contributed by atoms with Crippen LogP contribution in [0.2, 0.25) is 0 Å². The number of ether oxygens (including phenoxy) is 1. The van der Waals surface area contributed by atoms with Gasteiger partial charge in [-0.3, -0.25) is 19.7 Å². The quantitative estimate of drug-likeness (QED) is 0.845. The Morgan fingerprint density at radius 2 is 2.17 bits per heavy atom. The topological polar surface area (TPSA) is 75.7 Å². The van der Waals surface area contributed by atoms with E-state index in [1.165, 1.54) is 4.90 Å². The van der Waals surface area contributed by atoms with Gasteiger partial charge < -0.3 is 9.64 Å². The molecule has 23 heavy (non-hydrogen) atoms. The highest BCUT2D eigenvalue weighted by Crippen LogP contribution is 2.29. The van der Waals surface area contributed by atoms with Gasteiger partial charge in [0.15, 0.2) is 0 Å². The van der Waals surface area contributed by atoms with Gasteiger partial charge in [0.25, 0.3) is 5.91 Å². The summed E-state index contributed by atoms with van der Waals surface area (Å²) in [6.45, 7) is 4.72. The Balaban J connectivity index is 1.83. The molecular formula is C17H18N2O4. The fourth-order valence-corrected chi connectivity index (χ4v) is 3.03. The van der Waals surface area contributed by atoms with E-state index >= 15 is 0 Å². The minimum atomic E-state index is -0.585. The van der Waals surface area contributed by atoms with Gasteiger partial charge in [0, 0.05) is 25.6 Å². The summed E-state index contributed by atoms with van der Waals surface area (Å²) in [5.74, 6) is -0.860. The van der Waals surface area contributed by atoms with E-state index in [2.05, 4.69) is 11.9 Å². The number of carbonyl (C=O) groups is 3. The number of carbonyl (C=O) groups excluding carboxylic acids is 3. The molecule has 0 bridgehead atoms. The van der Waals surface area contributed by atoms with Crippen molar-refractivity contribution in [1.82, 2.24) is 10.2 Å². The smallest absolute Gasteiger partial charge is 0.255 e. The zero-order valence-corrected chi connectivity index (χ0v) is 12.9. The summed E-state index contributed by atoms with van der Waals surface area (Å²) in [4.78, 5) is 37.4. The van der Waals surface area contributed by atoms with Gasteiger partial charge in [0.2, 0.25) is 11.8 Å². The molecule has 0 aliphatic carbocycles. The van der Waals surface area contributed by atoms with Gasteiger partial charge in [0.05, 0.1) is 6.61 Å². The zero-order chi connectivity index (χ0) is 16.6. The van der Waals surface area contributed by atoms with Gasteiger partial charge in [-0.2, -0.15) is 0 Å². The molecule has 1 N–H and O–H groups in total. The Labute approximate surface area is 134 Å². The van der Waals surface area contributed by atoms with Crippen LogP contribution >= 0.6 is 0 Å². The summed E-state index contributed by atoms with van der Waals surface area (Å²) in [6, 6.07) is 5.00. The summed E-state index contributed by atoms with van der Waals surface area (Å²) in [6.07, 6.45) is 0.625. The first-order valence-electron chi connectivity index (χ1n) is 7.46. The molecule has 0 aromatic heterocycles. The molecule has 3 amide bonds. The van der Waals surface area contributed by atoms with Gasteiger partial charge in [-0.25, -0.2) is 0 Å². The first kappa shape index (κ1) is 15.4. The van der Waals surface area contributed by atoms with E-state index in [0.717, 1.165) is 16.7 Å². The maximum absolute atomic E-state index is 12.7. The maximum Gasteiger partial charge on any atom is 0.255 e. The second-order valence-corrected chi connectivity index (χ2v) is 5.81. The molecule has 2 aliphatic rings. The van der Waals surface area contributed by atoms with E-state index in [0.29, 0.717) is 25.1 Å². The van der Waals surface area contributed by atoms with Gasteiger partial charge in [0.1, 0.15) is 6.04 Å². The fourth-order valence-electron chi connectivity index (χ4n) is 3.03. The van der Waals surface area contributed by atoms with E-state index < -0.39 is 11.9 Å². The van der Waals surface area contributed by atoms with Crippen molar-refractivity contribution in [2.24, 2.45) is 0 Å². The summed E-state index contributed by atoms with van der Waals surface area (Å²) in [7, 11) is 1.59. The molecule has 1 unspecified atom stereocenters. The minimum absolute atomic E-state index is 0.179. The average molecular weight is 314 g/mol. The first-order valence-corrected chi connectivity index (χ1v) is 7.46. The largest absolute Gasteiger partial charge is 0.380 e. The number of rotatable bonds is 4. The van der Waals surface area contributed by atoms with Crippen LogP contribution in [0.1, 0.15) is 34.3 Å². The number of piperidine rings is 1. The number of amides is 3. The SMILES string of the molecule is C=C(COC)c1ccc2c(c1)C(=O)N(C1CCC(=O)NC1=O)C2. The molecule has 0 saturated carbocycles. The molecule has 1 atom stereocenters. The highest BCUT2D eigenvalue weighted by Gasteiger charge is 2.39. The van der Waals surface area contributed by atoms with Crippen LogP contribution in [0.4, 0.5) is 0 Å². The lowest BCUT2D eigenvalue weighted by Gasteiger charge is -2.29. The Kier molecular flexibility index (Phi) is 4.00. The zero-order valence-electron chi connectivity index (χ0n) is 12.9. The van der Waals surface area contributed by atoms with Crippen LogP contribution in [-0.2, 0) is 20.9 Å². The standard InChI is InChI=1S/C17H18N2O4/c1-10(9-23-2)11-3-4-12-8-19(17(22)13(12)7-11)14-5-6-15(20)18-16(14)21/h3-4,7,14H,1,5-6,8-9H2,2H3,(H,18,20,21). The van der Waals surface area contributed by atoms with Crippen LogP contribution in [0.3, 0.4) is 0 Å². The van der Waals surface area contributed by atoms with Crippen molar-refractivity contribution in [1.29, 1.82) is 0 Å². The van der Waals surface area contributed by atoms with Gasteiger partial charge >= 0.3 is 0 Å². The van der Waals surface area contributed by atoms with Crippen molar-refractivity contribution in [2.75, 3.05) is 13.7 Å². The lowest BCUT2D eigenvalue weighted by Crippen LogP contribution is -2.52. The first-order chi connectivity index (χ1) is 11.0. The van der Waals surface area contributed by atoms with Gasteiger partial charge in [-0.15, -0.1) is 0 Å². The van der Waals surface area contributed by atoms with Crippen molar-refractivity contribution in [3.05, 3.63) is 41.5 Å². The number of hydrogen-bond acceptors (Lipinski definition) is 4. The van der Waals surface area contributed by atoms with Crippen LogP contribution < -0.4 is 5.32 Å². The van der Waals surface area contributed by atoms with E-state index in [9.17, 15) is 14.4 Å². The number of nitrogens with one attached hydrogen (secondary N) is 1. The molecule has 6 nitrogen and oxygen atoms in total. The number of hydrogen-bond donors (Lipinski definition) is 1. The average Bonchev–Trinajstić information content (AvgIpc) is 2.84. The Hall–Kier alpha value is -2.47. The molecule has 1 saturated heterocycles. The highest BCUT2D eigenvalue weighted by molar-refractivity contribution is 6.05. The molecule has 1 fully saturated rings.